The Morgan fingerprint density at radius 2 is 1.95 bits per heavy atom. The lowest BCUT2D eigenvalue weighted by Gasteiger charge is -2.30. The van der Waals surface area contributed by atoms with Crippen LogP contribution in [0.2, 0.25) is 0 Å². The summed E-state index contributed by atoms with van der Waals surface area (Å²) in [6.07, 6.45) is 4.32. The van der Waals surface area contributed by atoms with Crippen LogP contribution in [0.25, 0.3) is 0 Å². The number of aliphatic hydroxyl groups excluding tert-OH is 1. The second-order valence-electron chi connectivity index (χ2n) is 5.41. The molecule has 6 nitrogen and oxygen atoms in total. The van der Waals surface area contributed by atoms with Gasteiger partial charge in [-0.05, 0) is 24.8 Å². The van der Waals surface area contributed by atoms with Crippen molar-refractivity contribution in [1.82, 2.24) is 0 Å². The minimum absolute atomic E-state index is 0.0948. The van der Waals surface area contributed by atoms with Gasteiger partial charge in [-0.15, -0.1) is 0 Å². The number of hydrogen-bond acceptors (Lipinski definition) is 5. The normalized spacial score (nSPS) is 19.5. The van der Waals surface area contributed by atoms with Crippen molar-refractivity contribution in [2.24, 2.45) is 11.7 Å². The summed E-state index contributed by atoms with van der Waals surface area (Å²) in [5, 5.41) is 30.9. The zero-order valence-electron chi connectivity index (χ0n) is 11.2. The lowest BCUT2D eigenvalue weighted by Crippen LogP contribution is -2.34. The number of aliphatic hydroxyl groups is 1. The number of non-ortho nitro benzene ring substituents is 1. The molecule has 0 bridgehead atoms. The van der Waals surface area contributed by atoms with E-state index in [2.05, 4.69) is 0 Å². The second-order valence-corrected chi connectivity index (χ2v) is 5.41. The maximum atomic E-state index is 10.8. The maximum absolute atomic E-state index is 10.8. The van der Waals surface area contributed by atoms with Gasteiger partial charge in [0.1, 0.15) is 5.75 Å². The third kappa shape index (κ3) is 3.08. The monoisotopic (exact) mass is 280 g/mol. The van der Waals surface area contributed by atoms with Crippen LogP contribution in [0.4, 0.5) is 5.69 Å². The van der Waals surface area contributed by atoms with Crippen molar-refractivity contribution in [1.29, 1.82) is 0 Å². The van der Waals surface area contributed by atoms with Gasteiger partial charge in [0, 0.05) is 17.7 Å². The highest BCUT2D eigenvalue weighted by molar-refractivity contribution is 5.45. The molecule has 1 fully saturated rings. The first-order valence-electron chi connectivity index (χ1n) is 6.91. The van der Waals surface area contributed by atoms with Crippen LogP contribution in [0.1, 0.15) is 43.7 Å². The SMILES string of the molecule is N[C@@H](c1cc([N+](=O)[O-])ccc1O)[C@H](O)C1CCCCC1. The number of hydrogen-bond donors (Lipinski definition) is 3. The van der Waals surface area contributed by atoms with E-state index in [0.29, 0.717) is 0 Å². The molecule has 6 heteroatoms. The van der Waals surface area contributed by atoms with Crippen LogP contribution in [-0.4, -0.2) is 21.2 Å². The van der Waals surface area contributed by atoms with Crippen LogP contribution in [0.5, 0.6) is 5.75 Å². The van der Waals surface area contributed by atoms with Gasteiger partial charge in [0.2, 0.25) is 0 Å². The third-order valence-electron chi connectivity index (χ3n) is 4.08. The maximum Gasteiger partial charge on any atom is 0.270 e. The van der Waals surface area contributed by atoms with Crippen LogP contribution < -0.4 is 5.73 Å². The van der Waals surface area contributed by atoms with Crippen LogP contribution in [-0.2, 0) is 0 Å². The minimum Gasteiger partial charge on any atom is -0.508 e. The highest BCUT2D eigenvalue weighted by Gasteiger charge is 2.29. The molecular weight excluding hydrogens is 260 g/mol. The number of aromatic hydroxyl groups is 1. The number of phenolic OH excluding ortho intramolecular Hbond substituents is 1. The Kier molecular flexibility index (Phi) is 4.57. The molecule has 0 aromatic heterocycles. The van der Waals surface area contributed by atoms with Gasteiger partial charge >= 0.3 is 0 Å². The van der Waals surface area contributed by atoms with Crippen molar-refractivity contribution >= 4 is 5.69 Å². The molecule has 0 aliphatic heterocycles. The van der Waals surface area contributed by atoms with Crippen LogP contribution >= 0.6 is 0 Å². The minimum atomic E-state index is -0.807. The van der Waals surface area contributed by atoms with E-state index in [1.54, 1.807) is 0 Å². The summed E-state index contributed by atoms with van der Waals surface area (Å²) < 4.78 is 0. The second kappa shape index (κ2) is 6.19. The Hall–Kier alpha value is -1.66. The summed E-state index contributed by atoms with van der Waals surface area (Å²) in [6.45, 7) is 0. The van der Waals surface area contributed by atoms with E-state index in [1.807, 2.05) is 0 Å². The van der Waals surface area contributed by atoms with E-state index in [4.69, 9.17) is 5.73 Å². The molecule has 0 heterocycles. The Bertz CT molecular complexity index is 486. The van der Waals surface area contributed by atoms with E-state index in [0.717, 1.165) is 25.7 Å². The van der Waals surface area contributed by atoms with Crippen LogP contribution in [0, 0.1) is 16.0 Å². The summed E-state index contributed by atoms with van der Waals surface area (Å²) in [5.41, 5.74) is 6.11. The predicted molar refractivity (Wildman–Crippen MR) is 74.3 cm³/mol. The molecule has 1 aliphatic carbocycles. The number of rotatable bonds is 4. The molecule has 0 radical (unpaired) electrons. The molecule has 2 rings (SSSR count). The van der Waals surface area contributed by atoms with E-state index >= 15 is 0 Å². The zero-order valence-corrected chi connectivity index (χ0v) is 11.2. The van der Waals surface area contributed by atoms with Crippen molar-refractivity contribution in [3.63, 3.8) is 0 Å². The summed E-state index contributed by atoms with van der Waals surface area (Å²) in [6, 6.07) is 2.91. The molecule has 20 heavy (non-hydrogen) atoms. The molecule has 1 aromatic carbocycles. The summed E-state index contributed by atoms with van der Waals surface area (Å²) in [7, 11) is 0. The third-order valence-corrected chi connectivity index (χ3v) is 4.08. The molecule has 0 unspecified atom stereocenters. The first kappa shape index (κ1) is 14.7. The summed E-state index contributed by atoms with van der Waals surface area (Å²) in [4.78, 5) is 10.2. The van der Waals surface area contributed by atoms with Crippen LogP contribution in [0.3, 0.4) is 0 Å². The molecule has 1 aromatic rings. The van der Waals surface area contributed by atoms with Crippen LogP contribution in [0.15, 0.2) is 18.2 Å². The predicted octanol–water partition coefficient (Wildman–Crippen LogP) is 2.24. The number of nitrogens with zero attached hydrogens (tertiary/aromatic N) is 1. The molecule has 0 saturated heterocycles. The largest absolute Gasteiger partial charge is 0.508 e. The van der Waals surface area contributed by atoms with Gasteiger partial charge in [0.05, 0.1) is 17.1 Å². The first-order valence-corrected chi connectivity index (χ1v) is 6.91. The number of nitrogens with two attached hydrogens (primary N) is 1. The van der Waals surface area contributed by atoms with Gasteiger partial charge in [-0.3, -0.25) is 10.1 Å². The molecule has 1 saturated carbocycles. The Morgan fingerprint density at radius 1 is 1.30 bits per heavy atom. The molecule has 4 N–H and O–H groups in total. The first-order chi connectivity index (χ1) is 9.50. The lowest BCUT2D eigenvalue weighted by atomic mass is 9.81. The molecular formula is C14H20N2O4. The molecule has 0 amide bonds. The average molecular weight is 280 g/mol. The average Bonchev–Trinajstić information content (AvgIpc) is 2.47. The zero-order chi connectivity index (χ0) is 14.7. The molecule has 110 valence electrons. The van der Waals surface area contributed by atoms with Gasteiger partial charge in [0.25, 0.3) is 5.69 Å². The molecule has 2 atom stereocenters. The van der Waals surface area contributed by atoms with Gasteiger partial charge in [-0.1, -0.05) is 19.3 Å². The molecule has 0 spiro atoms. The standard InChI is InChI=1S/C14H20N2O4/c15-13(14(18)9-4-2-1-3-5-9)11-8-10(16(19)20)6-7-12(11)17/h6-9,13-14,17-18H,1-5,15H2/t13-,14+/m0/s1. The van der Waals surface area contributed by atoms with Gasteiger partial charge in [-0.2, -0.15) is 0 Å². The number of nitro benzene ring substituents is 1. The smallest absolute Gasteiger partial charge is 0.270 e. The fourth-order valence-corrected chi connectivity index (χ4v) is 2.88. The van der Waals surface area contributed by atoms with E-state index in [9.17, 15) is 20.3 Å². The van der Waals surface area contributed by atoms with Gasteiger partial charge in [0.15, 0.2) is 0 Å². The lowest BCUT2D eigenvalue weighted by molar-refractivity contribution is -0.385. The van der Waals surface area contributed by atoms with Crippen molar-refractivity contribution in [2.75, 3.05) is 0 Å². The van der Waals surface area contributed by atoms with Gasteiger partial charge in [-0.25, -0.2) is 0 Å². The highest BCUT2D eigenvalue weighted by atomic mass is 16.6. The van der Waals surface area contributed by atoms with E-state index in [1.165, 1.54) is 24.6 Å². The highest BCUT2D eigenvalue weighted by Crippen LogP contribution is 2.35. The van der Waals surface area contributed by atoms with E-state index in [-0.39, 0.29) is 22.9 Å². The quantitative estimate of drug-likeness (QED) is 0.578. The fourth-order valence-electron chi connectivity index (χ4n) is 2.88. The van der Waals surface area contributed by atoms with Crippen molar-refractivity contribution < 1.29 is 15.1 Å². The van der Waals surface area contributed by atoms with Crippen molar-refractivity contribution in [2.45, 2.75) is 44.2 Å². The Labute approximate surface area is 117 Å². The number of nitro groups is 1. The number of benzene rings is 1. The topological polar surface area (TPSA) is 110 Å². The van der Waals surface area contributed by atoms with E-state index < -0.39 is 17.1 Å². The van der Waals surface area contributed by atoms with Gasteiger partial charge < -0.3 is 15.9 Å². The summed E-state index contributed by atoms with van der Waals surface area (Å²) >= 11 is 0. The summed E-state index contributed by atoms with van der Waals surface area (Å²) in [5.74, 6) is -0.0182. The van der Waals surface area contributed by atoms with Crippen molar-refractivity contribution in [3.8, 4) is 5.75 Å². The fraction of sp³-hybridized carbons (Fsp3) is 0.571. The Balaban J connectivity index is 2.20. The number of phenols is 1. The molecule has 1 aliphatic rings. The van der Waals surface area contributed by atoms with Crippen molar-refractivity contribution in [3.05, 3.63) is 33.9 Å². The Morgan fingerprint density at radius 3 is 2.55 bits per heavy atom.